The van der Waals surface area contributed by atoms with Crippen LogP contribution in [0.4, 0.5) is 5.82 Å². The average molecular weight is 350 g/mol. The molecule has 0 radical (unpaired) electrons. The van der Waals surface area contributed by atoms with Crippen LogP contribution in [-0.2, 0) is 9.53 Å². The van der Waals surface area contributed by atoms with Crippen molar-refractivity contribution in [3.05, 3.63) is 23.4 Å². The van der Waals surface area contributed by atoms with Crippen molar-refractivity contribution in [1.82, 2.24) is 9.88 Å². The lowest BCUT2D eigenvalue weighted by Gasteiger charge is -2.44. The zero-order chi connectivity index (χ0) is 16.6. The Balaban J connectivity index is 1.52. The summed E-state index contributed by atoms with van der Waals surface area (Å²) in [7, 11) is 0. The summed E-state index contributed by atoms with van der Waals surface area (Å²) < 4.78 is 5.46. The van der Waals surface area contributed by atoms with Crippen molar-refractivity contribution in [3.8, 4) is 0 Å². The number of carbonyl (C=O) groups is 1. The molecular formula is C18H24ClN3O2. The molecular weight excluding hydrogens is 326 g/mol. The van der Waals surface area contributed by atoms with E-state index in [2.05, 4.69) is 14.8 Å². The van der Waals surface area contributed by atoms with Gasteiger partial charge in [0.1, 0.15) is 5.82 Å². The smallest absolute Gasteiger partial charge is 0.230 e. The van der Waals surface area contributed by atoms with E-state index in [1.165, 1.54) is 0 Å². The summed E-state index contributed by atoms with van der Waals surface area (Å²) in [6.07, 6.45) is 6.68. The Bertz CT molecular complexity index is 620. The molecule has 0 unspecified atom stereocenters. The van der Waals surface area contributed by atoms with E-state index >= 15 is 0 Å². The largest absolute Gasteiger partial charge is 0.381 e. The number of amides is 1. The molecule has 0 aromatic carbocycles. The summed E-state index contributed by atoms with van der Waals surface area (Å²) in [5.74, 6) is 1.15. The average Bonchev–Trinajstić information content (AvgIpc) is 3.04. The fraction of sp³-hybridized carbons (Fsp3) is 0.667. The molecule has 4 rings (SSSR count). The van der Waals surface area contributed by atoms with Crippen LogP contribution in [-0.4, -0.2) is 54.7 Å². The standard InChI is InChI=1S/C18H24ClN3O2/c19-15-3-1-8-20-16(15)21-10-7-18(13-21)6-2-9-22(17(18)23)14-4-11-24-12-5-14/h1,3,8,14H,2,4-7,9-13H2/t18-/m1/s1. The van der Waals surface area contributed by atoms with Crippen molar-refractivity contribution in [2.45, 2.75) is 38.1 Å². The molecule has 0 aliphatic carbocycles. The molecule has 3 saturated heterocycles. The molecule has 1 spiro atoms. The third kappa shape index (κ3) is 2.78. The monoisotopic (exact) mass is 349 g/mol. The Kier molecular flexibility index (Phi) is 4.39. The molecule has 3 fully saturated rings. The van der Waals surface area contributed by atoms with E-state index in [-0.39, 0.29) is 5.41 Å². The van der Waals surface area contributed by atoms with Gasteiger partial charge in [-0.1, -0.05) is 11.6 Å². The van der Waals surface area contributed by atoms with Gasteiger partial charge >= 0.3 is 0 Å². The number of hydrogen-bond acceptors (Lipinski definition) is 4. The lowest BCUT2D eigenvalue weighted by molar-refractivity contribution is -0.149. The van der Waals surface area contributed by atoms with Crippen LogP contribution in [0.25, 0.3) is 0 Å². The maximum absolute atomic E-state index is 13.3. The Morgan fingerprint density at radius 3 is 2.88 bits per heavy atom. The van der Waals surface area contributed by atoms with Crippen molar-refractivity contribution in [3.63, 3.8) is 0 Å². The van der Waals surface area contributed by atoms with Gasteiger partial charge in [0, 0.05) is 45.1 Å². The second kappa shape index (κ2) is 6.52. The van der Waals surface area contributed by atoms with E-state index < -0.39 is 0 Å². The Hall–Kier alpha value is -1.33. The van der Waals surface area contributed by atoms with E-state index in [1.54, 1.807) is 6.20 Å². The third-order valence-corrected chi connectivity index (χ3v) is 6.09. The summed E-state index contributed by atoms with van der Waals surface area (Å²) in [4.78, 5) is 22.1. The van der Waals surface area contributed by atoms with Crippen LogP contribution in [0.3, 0.4) is 0 Å². The highest BCUT2D eigenvalue weighted by Gasteiger charge is 2.50. The summed E-state index contributed by atoms with van der Waals surface area (Å²) in [6, 6.07) is 4.07. The van der Waals surface area contributed by atoms with E-state index in [4.69, 9.17) is 16.3 Å². The molecule has 1 atom stereocenters. The molecule has 1 aromatic rings. The van der Waals surface area contributed by atoms with Gasteiger partial charge in [0.25, 0.3) is 0 Å². The van der Waals surface area contributed by atoms with Gasteiger partial charge in [0.05, 0.1) is 10.4 Å². The molecule has 24 heavy (non-hydrogen) atoms. The molecule has 3 aliphatic heterocycles. The fourth-order valence-electron chi connectivity index (χ4n) is 4.49. The second-order valence-electron chi connectivity index (χ2n) is 7.21. The van der Waals surface area contributed by atoms with Crippen molar-refractivity contribution in [2.75, 3.05) is 37.7 Å². The lowest BCUT2D eigenvalue weighted by Crippen LogP contribution is -2.54. The highest BCUT2D eigenvalue weighted by Crippen LogP contribution is 2.43. The normalized spacial score (nSPS) is 28.8. The fourth-order valence-corrected chi connectivity index (χ4v) is 4.73. The van der Waals surface area contributed by atoms with E-state index in [1.807, 2.05) is 12.1 Å². The van der Waals surface area contributed by atoms with Gasteiger partial charge < -0.3 is 14.5 Å². The minimum Gasteiger partial charge on any atom is -0.381 e. The summed E-state index contributed by atoms with van der Waals surface area (Å²) in [5.41, 5.74) is -0.253. The van der Waals surface area contributed by atoms with Crippen LogP contribution in [0.5, 0.6) is 0 Å². The molecule has 1 aromatic heterocycles. The number of hydrogen-bond donors (Lipinski definition) is 0. The number of pyridine rings is 1. The Morgan fingerprint density at radius 1 is 1.25 bits per heavy atom. The summed E-state index contributed by atoms with van der Waals surface area (Å²) in [5, 5.41) is 0.666. The van der Waals surface area contributed by atoms with Crippen molar-refractivity contribution < 1.29 is 9.53 Å². The zero-order valence-corrected chi connectivity index (χ0v) is 14.7. The quantitative estimate of drug-likeness (QED) is 0.823. The van der Waals surface area contributed by atoms with Crippen molar-refractivity contribution in [2.24, 2.45) is 5.41 Å². The van der Waals surface area contributed by atoms with Crippen molar-refractivity contribution >= 4 is 23.3 Å². The van der Waals surface area contributed by atoms with Crippen LogP contribution in [0, 0.1) is 5.41 Å². The van der Waals surface area contributed by atoms with Crippen LogP contribution in [0.1, 0.15) is 32.1 Å². The van der Waals surface area contributed by atoms with Gasteiger partial charge in [-0.25, -0.2) is 4.98 Å². The summed E-state index contributed by atoms with van der Waals surface area (Å²) in [6.45, 7) is 4.04. The minimum atomic E-state index is -0.253. The Morgan fingerprint density at radius 2 is 2.08 bits per heavy atom. The third-order valence-electron chi connectivity index (χ3n) is 5.79. The van der Waals surface area contributed by atoms with Gasteiger partial charge in [0.15, 0.2) is 0 Å². The first-order valence-corrected chi connectivity index (χ1v) is 9.32. The second-order valence-corrected chi connectivity index (χ2v) is 7.61. The molecule has 4 heterocycles. The Labute approximate surface area is 147 Å². The minimum absolute atomic E-state index is 0.253. The molecule has 3 aliphatic rings. The first-order chi connectivity index (χ1) is 11.7. The number of likely N-dealkylation sites (tertiary alicyclic amines) is 1. The molecule has 5 nitrogen and oxygen atoms in total. The number of anilines is 1. The number of aromatic nitrogens is 1. The van der Waals surface area contributed by atoms with Gasteiger partial charge in [0.2, 0.25) is 5.91 Å². The molecule has 1 amide bonds. The number of rotatable bonds is 2. The van der Waals surface area contributed by atoms with E-state index in [0.717, 1.165) is 70.8 Å². The first-order valence-electron chi connectivity index (χ1n) is 8.94. The number of nitrogens with zero attached hydrogens (tertiary/aromatic N) is 3. The van der Waals surface area contributed by atoms with Gasteiger partial charge in [-0.3, -0.25) is 4.79 Å². The van der Waals surface area contributed by atoms with Gasteiger partial charge in [-0.05, 0) is 44.2 Å². The van der Waals surface area contributed by atoms with Gasteiger partial charge in [-0.2, -0.15) is 0 Å². The first kappa shape index (κ1) is 16.2. The number of ether oxygens (including phenoxy) is 1. The maximum Gasteiger partial charge on any atom is 0.230 e. The van der Waals surface area contributed by atoms with E-state index in [9.17, 15) is 4.79 Å². The van der Waals surface area contributed by atoms with E-state index in [0.29, 0.717) is 17.0 Å². The zero-order valence-electron chi connectivity index (χ0n) is 13.9. The highest BCUT2D eigenvalue weighted by atomic mass is 35.5. The lowest BCUT2D eigenvalue weighted by atomic mass is 9.77. The van der Waals surface area contributed by atoms with Crippen LogP contribution < -0.4 is 4.90 Å². The molecule has 6 heteroatoms. The predicted molar refractivity (Wildman–Crippen MR) is 93.3 cm³/mol. The number of piperidine rings is 1. The van der Waals surface area contributed by atoms with Crippen LogP contribution in [0.2, 0.25) is 5.02 Å². The van der Waals surface area contributed by atoms with Crippen molar-refractivity contribution in [1.29, 1.82) is 0 Å². The molecule has 0 saturated carbocycles. The predicted octanol–water partition coefficient (Wildman–Crippen LogP) is 2.73. The number of carbonyl (C=O) groups excluding carboxylic acids is 1. The maximum atomic E-state index is 13.3. The summed E-state index contributed by atoms with van der Waals surface area (Å²) >= 11 is 6.31. The molecule has 0 N–H and O–H groups in total. The highest BCUT2D eigenvalue weighted by molar-refractivity contribution is 6.32. The van der Waals surface area contributed by atoms with Gasteiger partial charge in [-0.15, -0.1) is 0 Å². The van der Waals surface area contributed by atoms with Crippen LogP contribution in [0.15, 0.2) is 18.3 Å². The molecule has 0 bridgehead atoms. The number of halogens is 1. The molecule has 130 valence electrons. The van der Waals surface area contributed by atoms with Crippen LogP contribution >= 0.6 is 11.6 Å². The topological polar surface area (TPSA) is 45.7 Å². The SMILES string of the molecule is O=C1N(C2CCOCC2)CCC[C@]12CCN(c1ncccc1Cl)C2.